The SMILES string of the molecule is C[Si]1(C)C2=CC(=O)C=CC2=Nc2ccc(O)c(-c3[se]c(I)c(I)c3Br)c21. The Bertz CT molecular complexity index is 1090. The normalized spacial score (nSPS) is 17.5. The molecule has 0 fully saturated rings. The molecule has 0 unspecified atom stereocenters. The van der Waals surface area contributed by atoms with Gasteiger partial charge in [-0.1, -0.05) is 0 Å². The van der Waals surface area contributed by atoms with E-state index >= 15 is 0 Å². The van der Waals surface area contributed by atoms with Crippen LogP contribution in [-0.4, -0.2) is 39.2 Å². The number of hydrogen-bond acceptors (Lipinski definition) is 3. The first kappa shape index (κ1) is 19.3. The molecule has 8 heteroatoms. The molecule has 2 heterocycles. The van der Waals surface area contributed by atoms with E-state index in [-0.39, 0.29) is 20.3 Å². The maximum atomic E-state index is 12.0. The Morgan fingerprint density at radius 3 is 2.62 bits per heavy atom. The van der Waals surface area contributed by atoms with Crippen LogP contribution in [0.3, 0.4) is 0 Å². The average molecular weight is 715 g/mol. The fourth-order valence-corrected chi connectivity index (χ4v) is 12.8. The van der Waals surface area contributed by atoms with Crippen LogP contribution in [0.1, 0.15) is 0 Å². The summed E-state index contributed by atoms with van der Waals surface area (Å²) in [7, 11) is -2.20. The van der Waals surface area contributed by atoms with Gasteiger partial charge in [0.05, 0.1) is 0 Å². The third kappa shape index (κ3) is 2.91. The second-order valence-corrected chi connectivity index (χ2v) is 17.6. The summed E-state index contributed by atoms with van der Waals surface area (Å²) in [6.45, 7) is 4.48. The van der Waals surface area contributed by atoms with Crippen molar-refractivity contribution in [3.63, 3.8) is 0 Å². The summed E-state index contributed by atoms with van der Waals surface area (Å²) in [4.78, 5) is 16.8. The number of fused-ring (bicyclic) bond motifs is 2. The van der Waals surface area contributed by atoms with Crippen LogP contribution in [-0.2, 0) is 4.79 Å². The number of phenolic OH excluding ortho intramolecular Hbond substituents is 1. The van der Waals surface area contributed by atoms with Gasteiger partial charge in [0.25, 0.3) is 0 Å². The van der Waals surface area contributed by atoms with E-state index in [1.54, 1.807) is 18.2 Å². The Morgan fingerprint density at radius 2 is 1.96 bits per heavy atom. The molecular formula is C18H12BrI2NO2SeSi. The van der Waals surface area contributed by atoms with E-state index in [1.165, 1.54) is 6.01 Å². The minimum atomic E-state index is -2.20. The number of aromatic hydroxyl groups is 1. The van der Waals surface area contributed by atoms with Gasteiger partial charge in [0.2, 0.25) is 0 Å². The first-order valence-electron chi connectivity index (χ1n) is 7.75. The number of rotatable bonds is 1. The van der Waals surface area contributed by atoms with Gasteiger partial charge in [-0.25, -0.2) is 0 Å². The second-order valence-electron chi connectivity index (χ2n) is 6.60. The van der Waals surface area contributed by atoms with Crippen LogP contribution in [0.2, 0.25) is 13.1 Å². The van der Waals surface area contributed by atoms with Crippen molar-refractivity contribution in [2.24, 2.45) is 4.99 Å². The second kappa shape index (κ2) is 6.80. The summed E-state index contributed by atoms with van der Waals surface area (Å²) in [5, 5.41) is 13.0. The third-order valence-corrected chi connectivity index (χ3v) is 17.0. The van der Waals surface area contributed by atoms with E-state index in [2.05, 4.69) is 74.2 Å². The van der Waals surface area contributed by atoms with Gasteiger partial charge in [0, 0.05) is 0 Å². The van der Waals surface area contributed by atoms with Crippen molar-refractivity contribution in [1.29, 1.82) is 0 Å². The maximum absolute atomic E-state index is 12.0. The molecule has 0 atom stereocenters. The van der Waals surface area contributed by atoms with Gasteiger partial charge >= 0.3 is 196 Å². The van der Waals surface area contributed by atoms with Crippen LogP contribution >= 0.6 is 61.1 Å². The van der Waals surface area contributed by atoms with Crippen LogP contribution in [0.15, 0.2) is 45.0 Å². The molecule has 3 nitrogen and oxygen atoms in total. The molecule has 2 aromatic rings. The van der Waals surface area contributed by atoms with Crippen LogP contribution < -0.4 is 5.19 Å². The Hall–Kier alpha value is -0.00364. The first-order chi connectivity index (χ1) is 12.2. The standard InChI is InChI=1S/C18H12BrI2NO2SeSi/c1-26(2)12-7-8(23)3-4-9(12)22-10-5-6-11(24)13(17(10)26)16-14(19)15(20)18(21)25-16/h3-7,24H,1-2H3. The predicted octanol–water partition coefficient (Wildman–Crippen LogP) is 4.69. The van der Waals surface area contributed by atoms with Crippen LogP contribution in [0, 0.1) is 6.01 Å². The van der Waals surface area contributed by atoms with Gasteiger partial charge in [-0.15, -0.1) is 0 Å². The summed E-state index contributed by atoms with van der Waals surface area (Å²) < 4.78 is 4.77. The van der Waals surface area contributed by atoms with Crippen molar-refractivity contribution < 1.29 is 9.90 Å². The van der Waals surface area contributed by atoms with Crippen LogP contribution in [0.4, 0.5) is 5.69 Å². The van der Waals surface area contributed by atoms with Crippen molar-refractivity contribution >= 4 is 106 Å². The van der Waals surface area contributed by atoms with E-state index < -0.39 is 8.07 Å². The average Bonchev–Trinajstić information content (AvgIpc) is 2.84. The quantitative estimate of drug-likeness (QED) is 0.265. The van der Waals surface area contributed by atoms with Crippen LogP contribution in [0.25, 0.3) is 10.0 Å². The zero-order chi connectivity index (χ0) is 18.8. The van der Waals surface area contributed by atoms with Crippen LogP contribution in [0.5, 0.6) is 5.75 Å². The number of halogens is 3. The summed E-state index contributed by atoms with van der Waals surface area (Å²) in [6.07, 6.45) is 5.13. The molecule has 0 amide bonds. The predicted molar refractivity (Wildman–Crippen MR) is 130 cm³/mol. The fraction of sp³-hybridized carbons (Fsp3) is 0.111. The number of carbonyl (C=O) groups is 1. The number of ketones is 1. The summed E-state index contributed by atoms with van der Waals surface area (Å²) in [5.74, 6) is 0.311. The number of phenols is 1. The topological polar surface area (TPSA) is 49.7 Å². The molecule has 0 saturated carbocycles. The van der Waals surface area contributed by atoms with Gasteiger partial charge < -0.3 is 0 Å². The Morgan fingerprint density at radius 1 is 1.23 bits per heavy atom. The van der Waals surface area contributed by atoms with Crippen molar-refractivity contribution in [2.45, 2.75) is 13.1 Å². The summed E-state index contributed by atoms with van der Waals surface area (Å²) >= 11 is 8.63. The summed E-state index contributed by atoms with van der Waals surface area (Å²) in [6, 6.07) is 3.65. The monoisotopic (exact) mass is 715 g/mol. The molecule has 1 aliphatic carbocycles. The van der Waals surface area contributed by atoms with Crippen molar-refractivity contribution in [2.75, 3.05) is 0 Å². The van der Waals surface area contributed by atoms with Crippen molar-refractivity contribution in [3.8, 4) is 15.8 Å². The summed E-state index contributed by atoms with van der Waals surface area (Å²) in [5.41, 5.74) is 2.72. The Labute approximate surface area is 193 Å². The molecule has 1 aliphatic heterocycles. The number of aliphatic imine (C=N–C) groups is 1. The molecule has 0 spiro atoms. The van der Waals surface area contributed by atoms with Gasteiger partial charge in [0.15, 0.2) is 0 Å². The van der Waals surface area contributed by atoms with Crippen molar-refractivity contribution in [3.05, 3.63) is 46.0 Å². The molecule has 1 N–H and O–H groups in total. The fourth-order valence-electron chi connectivity index (χ4n) is 3.44. The molecule has 0 bridgehead atoms. The minimum absolute atomic E-state index is 0.0147. The van der Waals surface area contributed by atoms with Gasteiger partial charge in [-0.3, -0.25) is 0 Å². The zero-order valence-electron chi connectivity index (χ0n) is 13.7. The van der Waals surface area contributed by atoms with E-state index in [0.29, 0.717) is 5.75 Å². The van der Waals surface area contributed by atoms with E-state index in [4.69, 9.17) is 4.99 Å². The molecular weight excluding hydrogens is 703 g/mol. The Kier molecular flexibility index (Phi) is 5.06. The number of nitrogens with zero attached hydrogens (tertiary/aromatic N) is 1. The third-order valence-electron chi connectivity index (χ3n) is 4.65. The molecule has 2 aliphatic rings. The molecule has 4 rings (SSSR count). The molecule has 1 aromatic carbocycles. The molecule has 26 heavy (non-hydrogen) atoms. The molecule has 1 aromatic heterocycles. The number of allylic oxidation sites excluding steroid dienone is 4. The zero-order valence-corrected chi connectivity index (χ0v) is 22.3. The first-order valence-corrected chi connectivity index (χ1v) is 15.4. The van der Waals surface area contributed by atoms with Gasteiger partial charge in [-0.2, -0.15) is 0 Å². The van der Waals surface area contributed by atoms with E-state index in [0.717, 1.165) is 36.3 Å². The number of hydrogen-bond donors (Lipinski definition) is 1. The van der Waals surface area contributed by atoms with Gasteiger partial charge in [0.1, 0.15) is 0 Å². The van der Waals surface area contributed by atoms with E-state index in [1.807, 2.05) is 12.1 Å². The number of benzene rings is 1. The van der Waals surface area contributed by atoms with Gasteiger partial charge in [-0.05, 0) is 0 Å². The van der Waals surface area contributed by atoms with E-state index in [9.17, 15) is 9.90 Å². The molecule has 0 radical (unpaired) electrons. The van der Waals surface area contributed by atoms with Crippen molar-refractivity contribution in [1.82, 2.24) is 0 Å². The molecule has 0 saturated heterocycles. The molecule has 132 valence electrons. The number of carbonyl (C=O) groups excluding carboxylic acids is 1. The Balaban J connectivity index is 2.09.